The van der Waals surface area contributed by atoms with E-state index in [0.29, 0.717) is 17.7 Å². The second-order valence-electron chi connectivity index (χ2n) is 7.27. The fraction of sp³-hybridized carbons (Fsp3) is 0.381. The van der Waals surface area contributed by atoms with Crippen molar-refractivity contribution < 1.29 is 9.21 Å². The topological polar surface area (TPSA) is 68.0 Å². The Kier molecular flexibility index (Phi) is 5.82. The van der Waals surface area contributed by atoms with Crippen LogP contribution in [0.25, 0.3) is 10.8 Å². The summed E-state index contributed by atoms with van der Waals surface area (Å²) in [5, 5.41) is 11.6. The van der Waals surface area contributed by atoms with Crippen LogP contribution < -0.4 is 5.32 Å². The highest BCUT2D eigenvalue weighted by molar-refractivity contribution is 7.99. The van der Waals surface area contributed by atoms with E-state index < -0.39 is 0 Å². The van der Waals surface area contributed by atoms with Gasteiger partial charge in [-0.1, -0.05) is 43.0 Å². The second-order valence-corrected chi connectivity index (χ2v) is 9.34. The van der Waals surface area contributed by atoms with Crippen LogP contribution in [-0.2, 0) is 24.2 Å². The number of rotatable bonds is 6. The number of carbonyl (C=O) groups is 1. The van der Waals surface area contributed by atoms with Crippen molar-refractivity contribution in [3.05, 3.63) is 51.9 Å². The molecule has 0 unspecified atom stereocenters. The Hall–Kier alpha value is -2.12. The molecule has 0 bridgehead atoms. The molecule has 0 radical (unpaired) electrons. The van der Waals surface area contributed by atoms with E-state index in [2.05, 4.69) is 28.5 Å². The number of aryl methyl sites for hydroxylation is 2. The van der Waals surface area contributed by atoms with Crippen molar-refractivity contribution in [2.45, 2.75) is 44.9 Å². The summed E-state index contributed by atoms with van der Waals surface area (Å²) < 4.78 is 5.78. The minimum atomic E-state index is -0.0476. The zero-order valence-corrected chi connectivity index (χ0v) is 17.7. The Morgan fingerprint density at radius 1 is 1.36 bits per heavy atom. The Balaban J connectivity index is 1.31. The summed E-state index contributed by atoms with van der Waals surface area (Å²) in [5.74, 6) is 1.50. The van der Waals surface area contributed by atoms with E-state index in [-0.39, 0.29) is 11.7 Å². The molecule has 0 fully saturated rings. The van der Waals surface area contributed by atoms with Crippen LogP contribution in [0.3, 0.4) is 0 Å². The van der Waals surface area contributed by atoms with Gasteiger partial charge in [0.15, 0.2) is 0 Å². The summed E-state index contributed by atoms with van der Waals surface area (Å²) in [5.41, 5.74) is 3.71. The third-order valence-electron chi connectivity index (χ3n) is 5.01. The Bertz CT molecular complexity index is 980. The average molecular weight is 414 g/mol. The van der Waals surface area contributed by atoms with Gasteiger partial charge < -0.3 is 9.73 Å². The molecule has 5 nitrogen and oxygen atoms in total. The Labute approximate surface area is 173 Å². The molecule has 1 aliphatic rings. The summed E-state index contributed by atoms with van der Waals surface area (Å²) in [4.78, 5) is 14.6. The number of carbonyl (C=O) groups excluding carboxylic acids is 1. The third-order valence-corrected chi connectivity index (χ3v) is 7.05. The van der Waals surface area contributed by atoms with Gasteiger partial charge in [0.2, 0.25) is 5.91 Å². The molecule has 1 aromatic carbocycles. The summed E-state index contributed by atoms with van der Waals surface area (Å²) in [6.45, 7) is 4.87. The predicted molar refractivity (Wildman–Crippen MR) is 113 cm³/mol. The number of amides is 1. The lowest BCUT2D eigenvalue weighted by molar-refractivity contribution is -0.118. The molecule has 0 spiro atoms. The van der Waals surface area contributed by atoms with Crippen molar-refractivity contribution in [3.8, 4) is 10.8 Å². The summed E-state index contributed by atoms with van der Waals surface area (Å²) in [6.07, 6.45) is 3.51. The molecule has 4 rings (SSSR count). The summed E-state index contributed by atoms with van der Waals surface area (Å²) in [6, 6.07) is 10.2. The fourth-order valence-electron chi connectivity index (χ4n) is 3.36. The maximum atomic E-state index is 12.1. The molecule has 7 heteroatoms. The number of aromatic nitrogens is 2. The van der Waals surface area contributed by atoms with Crippen molar-refractivity contribution in [2.24, 2.45) is 5.92 Å². The molecular weight excluding hydrogens is 390 g/mol. The van der Waals surface area contributed by atoms with Crippen LogP contribution in [0.4, 0.5) is 0 Å². The number of nitrogens with one attached hydrogen (secondary N) is 1. The van der Waals surface area contributed by atoms with Crippen molar-refractivity contribution >= 4 is 29.0 Å². The Morgan fingerprint density at radius 2 is 2.21 bits per heavy atom. The lowest BCUT2D eigenvalue weighted by Crippen LogP contribution is -2.24. The van der Waals surface area contributed by atoms with Gasteiger partial charge >= 0.3 is 0 Å². The van der Waals surface area contributed by atoms with Crippen LogP contribution in [0.15, 0.2) is 40.0 Å². The molecule has 3 aromatic rings. The molecule has 2 heterocycles. The molecular formula is C21H23N3O2S2. The first-order valence-corrected chi connectivity index (χ1v) is 11.3. The molecule has 146 valence electrons. The lowest BCUT2D eigenvalue weighted by Gasteiger charge is -2.16. The van der Waals surface area contributed by atoms with E-state index in [1.165, 1.54) is 34.2 Å². The number of thiophene rings is 1. The number of thioether (sulfide) groups is 1. The van der Waals surface area contributed by atoms with Crippen molar-refractivity contribution in [2.75, 3.05) is 5.75 Å². The normalized spacial score (nSPS) is 16.0. The maximum Gasteiger partial charge on any atom is 0.277 e. The smallest absolute Gasteiger partial charge is 0.277 e. The lowest BCUT2D eigenvalue weighted by atomic mass is 9.90. The minimum Gasteiger partial charge on any atom is -0.410 e. The second kappa shape index (κ2) is 8.49. The standard InChI is InChI=1S/C21H23N3O2S2/c1-13-7-8-17-16(9-13)10-18(28-17)20-23-24-21(26-20)27-12-19(25)22-11-15-6-4-3-5-14(15)2/h3-6,10,13H,7-9,11-12H2,1-2H3,(H,22,25)/t13-/m1/s1. The first kappa shape index (κ1) is 19.2. The van der Waals surface area contributed by atoms with Gasteiger partial charge in [-0.15, -0.1) is 21.5 Å². The molecule has 0 saturated heterocycles. The molecule has 1 aliphatic carbocycles. The molecule has 1 amide bonds. The minimum absolute atomic E-state index is 0.0476. The van der Waals surface area contributed by atoms with Gasteiger partial charge in [-0.3, -0.25) is 4.79 Å². The largest absolute Gasteiger partial charge is 0.410 e. The first-order chi connectivity index (χ1) is 13.6. The van der Waals surface area contributed by atoms with Crippen molar-refractivity contribution in [1.82, 2.24) is 15.5 Å². The SMILES string of the molecule is Cc1ccccc1CNC(=O)CSc1nnc(-c2cc3c(s2)CC[C@@H](C)C3)o1. The van der Waals surface area contributed by atoms with Crippen LogP contribution in [0.1, 0.15) is 34.9 Å². The molecule has 28 heavy (non-hydrogen) atoms. The fourth-order valence-corrected chi connectivity index (χ4v) is 5.08. The molecule has 1 atom stereocenters. The number of nitrogens with zero attached hydrogens (tertiary/aromatic N) is 2. The number of fused-ring (bicyclic) bond motifs is 1. The van der Waals surface area contributed by atoms with Gasteiger partial charge in [-0.05, 0) is 54.9 Å². The zero-order chi connectivity index (χ0) is 19.5. The van der Waals surface area contributed by atoms with Gasteiger partial charge in [-0.25, -0.2) is 0 Å². The molecule has 0 saturated carbocycles. The number of hydrogen-bond acceptors (Lipinski definition) is 6. The van der Waals surface area contributed by atoms with E-state index >= 15 is 0 Å². The van der Waals surface area contributed by atoms with E-state index in [4.69, 9.17) is 4.42 Å². The number of hydrogen-bond donors (Lipinski definition) is 1. The molecule has 1 N–H and O–H groups in total. The van der Waals surface area contributed by atoms with Crippen molar-refractivity contribution in [1.29, 1.82) is 0 Å². The van der Waals surface area contributed by atoms with E-state index in [9.17, 15) is 4.79 Å². The molecule has 0 aliphatic heterocycles. The van der Waals surface area contributed by atoms with Gasteiger partial charge in [0.05, 0.1) is 10.6 Å². The van der Waals surface area contributed by atoms with E-state index in [1.54, 1.807) is 11.3 Å². The van der Waals surface area contributed by atoms with E-state index in [0.717, 1.165) is 29.2 Å². The predicted octanol–water partition coefficient (Wildman–Crippen LogP) is 4.64. The van der Waals surface area contributed by atoms with Crippen LogP contribution >= 0.6 is 23.1 Å². The molecule has 2 aromatic heterocycles. The summed E-state index contributed by atoms with van der Waals surface area (Å²) >= 11 is 3.02. The van der Waals surface area contributed by atoms with Crippen LogP contribution in [-0.4, -0.2) is 21.9 Å². The average Bonchev–Trinajstić information content (AvgIpc) is 3.32. The first-order valence-electron chi connectivity index (χ1n) is 9.48. The van der Waals surface area contributed by atoms with Gasteiger partial charge in [0.1, 0.15) is 0 Å². The van der Waals surface area contributed by atoms with Crippen LogP contribution in [0.2, 0.25) is 0 Å². The van der Waals surface area contributed by atoms with Gasteiger partial charge in [-0.2, -0.15) is 0 Å². The van der Waals surface area contributed by atoms with Gasteiger partial charge in [0, 0.05) is 11.4 Å². The quantitative estimate of drug-likeness (QED) is 0.596. The highest BCUT2D eigenvalue weighted by Gasteiger charge is 2.21. The Morgan fingerprint density at radius 3 is 3.07 bits per heavy atom. The maximum absolute atomic E-state index is 12.1. The van der Waals surface area contributed by atoms with Gasteiger partial charge in [0.25, 0.3) is 11.1 Å². The van der Waals surface area contributed by atoms with Crippen LogP contribution in [0, 0.1) is 12.8 Å². The van der Waals surface area contributed by atoms with Crippen molar-refractivity contribution in [3.63, 3.8) is 0 Å². The highest BCUT2D eigenvalue weighted by Crippen LogP contribution is 2.37. The summed E-state index contributed by atoms with van der Waals surface area (Å²) in [7, 11) is 0. The third kappa shape index (κ3) is 4.47. The van der Waals surface area contributed by atoms with E-state index in [1.807, 2.05) is 31.2 Å². The highest BCUT2D eigenvalue weighted by atomic mass is 32.2. The number of benzene rings is 1. The zero-order valence-electron chi connectivity index (χ0n) is 16.0. The van der Waals surface area contributed by atoms with Crippen LogP contribution in [0.5, 0.6) is 0 Å². The monoisotopic (exact) mass is 413 g/mol.